The van der Waals surface area contributed by atoms with E-state index in [9.17, 15) is 4.79 Å². The van der Waals surface area contributed by atoms with Crippen LogP contribution < -0.4 is 4.90 Å². The summed E-state index contributed by atoms with van der Waals surface area (Å²) in [5.74, 6) is 0.606. The lowest BCUT2D eigenvalue weighted by atomic mass is 10.1. The number of halogens is 1. The molecule has 0 bridgehead atoms. The lowest BCUT2D eigenvalue weighted by molar-refractivity contribution is -0.117. The number of rotatable bonds is 3. The average molecular weight is 320 g/mol. The summed E-state index contributed by atoms with van der Waals surface area (Å²) in [6, 6.07) is 9.92. The molecule has 0 saturated carbocycles. The summed E-state index contributed by atoms with van der Waals surface area (Å²) in [5, 5.41) is 7.77. The monoisotopic (exact) mass is 319 g/mol. The van der Waals surface area contributed by atoms with E-state index in [1.807, 2.05) is 35.2 Å². The normalized spacial score (nSPS) is 19.1. The van der Waals surface area contributed by atoms with Crippen molar-refractivity contribution < 1.29 is 4.79 Å². The number of carbonyl (C=O) groups is 1. The van der Waals surface area contributed by atoms with Gasteiger partial charge in [-0.3, -0.25) is 9.89 Å². The Balaban J connectivity index is 1.90. The molecule has 2 heterocycles. The highest BCUT2D eigenvalue weighted by molar-refractivity contribution is 9.09. The first kappa shape index (κ1) is 12.4. The van der Waals surface area contributed by atoms with Crippen molar-refractivity contribution in [2.45, 2.75) is 6.42 Å². The highest BCUT2D eigenvalue weighted by atomic mass is 79.9. The number of benzene rings is 1. The number of H-pyrrole nitrogens is 1. The van der Waals surface area contributed by atoms with Crippen LogP contribution in [0.3, 0.4) is 0 Å². The fourth-order valence-electron chi connectivity index (χ4n) is 2.39. The van der Waals surface area contributed by atoms with Gasteiger partial charge >= 0.3 is 0 Å². The molecule has 1 saturated heterocycles. The van der Waals surface area contributed by atoms with E-state index in [1.165, 1.54) is 0 Å². The number of amides is 1. The number of aromatic nitrogens is 2. The van der Waals surface area contributed by atoms with Crippen LogP contribution in [0, 0.1) is 5.92 Å². The topological polar surface area (TPSA) is 49.0 Å². The van der Waals surface area contributed by atoms with Crippen molar-refractivity contribution in [2.24, 2.45) is 5.92 Å². The third-order valence-electron chi connectivity index (χ3n) is 3.39. The van der Waals surface area contributed by atoms with Crippen molar-refractivity contribution in [3.63, 3.8) is 0 Å². The predicted molar refractivity (Wildman–Crippen MR) is 78.3 cm³/mol. The number of carbonyl (C=O) groups excluding carboxylic acids is 1. The summed E-state index contributed by atoms with van der Waals surface area (Å²) in [7, 11) is 0. The maximum Gasteiger partial charge on any atom is 0.227 e. The lowest BCUT2D eigenvalue weighted by Crippen LogP contribution is -2.24. The van der Waals surface area contributed by atoms with Gasteiger partial charge in [-0.2, -0.15) is 5.10 Å². The third-order valence-corrected chi connectivity index (χ3v) is 4.31. The van der Waals surface area contributed by atoms with E-state index in [2.05, 4.69) is 26.1 Å². The summed E-state index contributed by atoms with van der Waals surface area (Å²) >= 11 is 3.46. The fraction of sp³-hybridized carbons (Fsp3) is 0.286. The van der Waals surface area contributed by atoms with Crippen LogP contribution in [0.4, 0.5) is 5.69 Å². The zero-order chi connectivity index (χ0) is 13.2. The Labute approximate surface area is 119 Å². The lowest BCUT2D eigenvalue weighted by Gasteiger charge is -2.17. The Hall–Kier alpha value is -1.62. The molecule has 1 fully saturated rings. The van der Waals surface area contributed by atoms with Gasteiger partial charge in [0, 0.05) is 35.7 Å². The summed E-state index contributed by atoms with van der Waals surface area (Å²) in [5.41, 5.74) is 2.97. The minimum absolute atomic E-state index is 0.200. The number of hydrogen-bond acceptors (Lipinski definition) is 2. The number of alkyl halides is 1. The SMILES string of the molecule is O=C1CC(CBr)CN1c1cccc(-c2ccn[nH]2)c1. The molecular weight excluding hydrogens is 306 g/mol. The van der Waals surface area contributed by atoms with Gasteiger partial charge in [0.25, 0.3) is 0 Å². The summed E-state index contributed by atoms with van der Waals surface area (Å²) in [4.78, 5) is 13.9. The fourth-order valence-corrected chi connectivity index (χ4v) is 2.83. The van der Waals surface area contributed by atoms with E-state index in [-0.39, 0.29) is 5.91 Å². The highest BCUT2D eigenvalue weighted by Gasteiger charge is 2.29. The van der Waals surface area contributed by atoms with Crippen LogP contribution in [0.1, 0.15) is 6.42 Å². The second-order valence-electron chi connectivity index (χ2n) is 4.75. The van der Waals surface area contributed by atoms with Crippen LogP contribution in [0.15, 0.2) is 36.5 Å². The summed E-state index contributed by atoms with van der Waals surface area (Å²) in [6.45, 7) is 0.788. The molecule has 1 unspecified atom stereocenters. The number of aromatic amines is 1. The molecule has 4 nitrogen and oxygen atoms in total. The molecule has 1 atom stereocenters. The zero-order valence-corrected chi connectivity index (χ0v) is 11.9. The molecule has 0 spiro atoms. The quantitative estimate of drug-likeness (QED) is 0.884. The standard InChI is InChI=1S/C14H14BrN3O/c15-8-10-6-14(19)18(9-10)12-3-1-2-11(7-12)13-4-5-16-17-13/h1-5,7,10H,6,8-9H2,(H,16,17). The van der Waals surface area contributed by atoms with E-state index in [0.29, 0.717) is 12.3 Å². The van der Waals surface area contributed by atoms with Gasteiger partial charge in [-0.15, -0.1) is 0 Å². The van der Waals surface area contributed by atoms with Gasteiger partial charge in [-0.05, 0) is 24.1 Å². The van der Waals surface area contributed by atoms with Gasteiger partial charge in [0.2, 0.25) is 5.91 Å². The number of hydrogen-bond donors (Lipinski definition) is 1. The maximum absolute atomic E-state index is 12.0. The van der Waals surface area contributed by atoms with E-state index >= 15 is 0 Å². The van der Waals surface area contributed by atoms with Crippen molar-refractivity contribution in [3.05, 3.63) is 36.5 Å². The largest absolute Gasteiger partial charge is 0.312 e. The molecule has 2 aromatic rings. The second kappa shape index (κ2) is 5.17. The molecule has 1 N–H and O–H groups in total. The number of anilines is 1. The Bertz CT molecular complexity index is 582. The van der Waals surface area contributed by atoms with Crippen LogP contribution in [0.25, 0.3) is 11.3 Å². The van der Waals surface area contributed by atoms with Crippen molar-refractivity contribution >= 4 is 27.5 Å². The van der Waals surface area contributed by atoms with Gasteiger partial charge in [0.05, 0.1) is 5.69 Å². The molecule has 1 aromatic heterocycles. The first-order valence-electron chi connectivity index (χ1n) is 6.24. The molecule has 1 aliphatic heterocycles. The minimum Gasteiger partial charge on any atom is -0.312 e. The molecule has 3 rings (SSSR count). The minimum atomic E-state index is 0.200. The average Bonchev–Trinajstić information content (AvgIpc) is 3.08. The van der Waals surface area contributed by atoms with E-state index in [1.54, 1.807) is 6.20 Å². The Morgan fingerprint density at radius 3 is 3.00 bits per heavy atom. The van der Waals surface area contributed by atoms with Crippen LogP contribution in [-0.2, 0) is 4.79 Å². The molecule has 1 aliphatic rings. The first-order chi connectivity index (χ1) is 9.28. The van der Waals surface area contributed by atoms with E-state index < -0.39 is 0 Å². The molecular formula is C14H14BrN3O. The molecule has 1 amide bonds. The van der Waals surface area contributed by atoms with Crippen LogP contribution >= 0.6 is 15.9 Å². The highest BCUT2D eigenvalue weighted by Crippen LogP contribution is 2.29. The van der Waals surface area contributed by atoms with Crippen LogP contribution in [-0.4, -0.2) is 28.0 Å². The Morgan fingerprint density at radius 1 is 1.42 bits per heavy atom. The van der Waals surface area contributed by atoms with Gasteiger partial charge in [-0.1, -0.05) is 28.1 Å². The van der Waals surface area contributed by atoms with Crippen molar-refractivity contribution in [2.75, 3.05) is 16.8 Å². The van der Waals surface area contributed by atoms with Gasteiger partial charge in [0.15, 0.2) is 0 Å². The number of nitrogens with one attached hydrogen (secondary N) is 1. The van der Waals surface area contributed by atoms with Crippen molar-refractivity contribution in [1.82, 2.24) is 10.2 Å². The smallest absolute Gasteiger partial charge is 0.227 e. The Morgan fingerprint density at radius 2 is 2.32 bits per heavy atom. The predicted octanol–water partition coefficient (Wildman–Crippen LogP) is 2.82. The molecule has 98 valence electrons. The second-order valence-corrected chi connectivity index (χ2v) is 5.40. The molecule has 1 aromatic carbocycles. The van der Waals surface area contributed by atoms with E-state index in [0.717, 1.165) is 28.8 Å². The van der Waals surface area contributed by atoms with Crippen LogP contribution in [0.5, 0.6) is 0 Å². The molecule has 0 radical (unpaired) electrons. The summed E-state index contributed by atoms with van der Waals surface area (Å²) < 4.78 is 0. The summed E-state index contributed by atoms with van der Waals surface area (Å²) in [6.07, 6.45) is 2.35. The molecule has 19 heavy (non-hydrogen) atoms. The van der Waals surface area contributed by atoms with Crippen LogP contribution in [0.2, 0.25) is 0 Å². The first-order valence-corrected chi connectivity index (χ1v) is 7.36. The number of nitrogens with zero attached hydrogens (tertiary/aromatic N) is 2. The molecule has 0 aliphatic carbocycles. The third kappa shape index (κ3) is 2.42. The Kier molecular flexibility index (Phi) is 3.38. The van der Waals surface area contributed by atoms with Crippen molar-refractivity contribution in [3.8, 4) is 11.3 Å². The maximum atomic E-state index is 12.0. The molecule has 5 heteroatoms. The van der Waals surface area contributed by atoms with E-state index in [4.69, 9.17) is 0 Å². The zero-order valence-electron chi connectivity index (χ0n) is 10.3. The van der Waals surface area contributed by atoms with Gasteiger partial charge in [-0.25, -0.2) is 0 Å². The van der Waals surface area contributed by atoms with Gasteiger partial charge in [0.1, 0.15) is 0 Å². The van der Waals surface area contributed by atoms with Gasteiger partial charge < -0.3 is 4.90 Å². The van der Waals surface area contributed by atoms with Crippen molar-refractivity contribution in [1.29, 1.82) is 0 Å².